The Kier molecular flexibility index (Phi) is 6.59. The number of carbonyl (C=O) groups is 1. The quantitative estimate of drug-likeness (QED) is 0.723. The van der Waals surface area contributed by atoms with Crippen molar-refractivity contribution in [3.8, 4) is 0 Å². The summed E-state index contributed by atoms with van der Waals surface area (Å²) in [5.74, 6) is 1.22. The third-order valence-corrected chi connectivity index (χ3v) is 6.14. The molecule has 2 aromatic rings. The number of carbonyl (C=O) groups excluding carboxylic acids is 1. The highest BCUT2D eigenvalue weighted by atomic mass is 35.5. The SMILES string of the molecule is Cc1nnc(SCC(=O)NC(C)c2ccccc2Cl)n1C1CCCCC1. The number of nitrogens with one attached hydrogen (secondary N) is 1. The molecule has 0 aliphatic heterocycles. The van der Waals surface area contributed by atoms with E-state index in [1.54, 1.807) is 0 Å². The Balaban J connectivity index is 1.59. The lowest BCUT2D eigenvalue weighted by molar-refractivity contribution is -0.119. The number of nitrogens with zero attached hydrogens (tertiary/aromatic N) is 3. The van der Waals surface area contributed by atoms with Crippen LogP contribution in [0.5, 0.6) is 0 Å². The van der Waals surface area contributed by atoms with Gasteiger partial charge in [-0.3, -0.25) is 4.79 Å². The van der Waals surface area contributed by atoms with Gasteiger partial charge in [-0.05, 0) is 38.3 Å². The van der Waals surface area contributed by atoms with Gasteiger partial charge in [-0.25, -0.2) is 0 Å². The van der Waals surface area contributed by atoms with E-state index in [4.69, 9.17) is 11.6 Å². The Hall–Kier alpha value is -1.53. The lowest BCUT2D eigenvalue weighted by Crippen LogP contribution is -2.28. The molecule has 1 unspecified atom stereocenters. The first kappa shape index (κ1) is 19.2. The summed E-state index contributed by atoms with van der Waals surface area (Å²) in [6, 6.07) is 7.92. The van der Waals surface area contributed by atoms with Crippen molar-refractivity contribution in [3.63, 3.8) is 0 Å². The van der Waals surface area contributed by atoms with Gasteiger partial charge in [0.05, 0.1) is 11.8 Å². The third kappa shape index (κ3) is 4.60. The fourth-order valence-corrected chi connectivity index (χ4v) is 4.69. The molecule has 1 aromatic heterocycles. The van der Waals surface area contributed by atoms with E-state index in [-0.39, 0.29) is 11.9 Å². The van der Waals surface area contributed by atoms with Crippen LogP contribution in [0.1, 0.15) is 62.5 Å². The first-order chi connectivity index (χ1) is 12.6. The largest absolute Gasteiger partial charge is 0.349 e. The Labute approximate surface area is 163 Å². The van der Waals surface area contributed by atoms with E-state index in [0.717, 1.165) is 16.5 Å². The molecule has 0 saturated heterocycles. The molecule has 3 rings (SSSR count). The van der Waals surface area contributed by atoms with Gasteiger partial charge in [0, 0.05) is 11.1 Å². The van der Waals surface area contributed by atoms with E-state index >= 15 is 0 Å². The molecule has 1 N–H and O–H groups in total. The second-order valence-corrected chi connectivity index (χ2v) is 8.14. The summed E-state index contributed by atoms with van der Waals surface area (Å²) in [5, 5.41) is 13.0. The second kappa shape index (κ2) is 8.91. The lowest BCUT2D eigenvalue weighted by Gasteiger charge is -2.25. The van der Waals surface area contributed by atoms with Gasteiger partial charge in [-0.1, -0.05) is 60.8 Å². The summed E-state index contributed by atoms with van der Waals surface area (Å²) in [4.78, 5) is 12.4. The normalized spacial score (nSPS) is 16.4. The molecule has 1 aromatic carbocycles. The first-order valence-corrected chi connectivity index (χ1v) is 10.5. The predicted molar refractivity (Wildman–Crippen MR) is 106 cm³/mol. The maximum atomic E-state index is 12.4. The highest BCUT2D eigenvalue weighted by Crippen LogP contribution is 2.32. The summed E-state index contributed by atoms with van der Waals surface area (Å²) in [7, 11) is 0. The van der Waals surface area contributed by atoms with Crippen molar-refractivity contribution in [2.75, 3.05) is 5.75 Å². The standard InChI is InChI=1S/C19H25ClN4OS/c1-13(16-10-6-7-11-17(16)20)21-18(25)12-26-19-23-22-14(2)24(19)15-8-4-3-5-9-15/h6-7,10-11,13,15H,3-5,8-9,12H2,1-2H3,(H,21,25). The number of thioether (sulfide) groups is 1. The van der Waals surface area contributed by atoms with Crippen molar-refractivity contribution in [1.82, 2.24) is 20.1 Å². The van der Waals surface area contributed by atoms with Gasteiger partial charge in [-0.15, -0.1) is 10.2 Å². The predicted octanol–water partition coefficient (Wildman–Crippen LogP) is 4.71. The molecular weight excluding hydrogens is 368 g/mol. The molecule has 0 radical (unpaired) electrons. The van der Waals surface area contributed by atoms with Crippen molar-refractivity contribution < 1.29 is 4.79 Å². The van der Waals surface area contributed by atoms with E-state index in [1.807, 2.05) is 38.1 Å². The van der Waals surface area contributed by atoms with Gasteiger partial charge in [-0.2, -0.15) is 0 Å². The van der Waals surface area contributed by atoms with Crippen LogP contribution in [0.15, 0.2) is 29.4 Å². The third-order valence-electron chi connectivity index (χ3n) is 4.86. The van der Waals surface area contributed by atoms with Crippen LogP contribution in [0.25, 0.3) is 0 Å². The maximum absolute atomic E-state index is 12.4. The highest BCUT2D eigenvalue weighted by molar-refractivity contribution is 7.99. The number of halogens is 1. The summed E-state index contributed by atoms with van der Waals surface area (Å²) in [6.07, 6.45) is 6.15. The first-order valence-electron chi connectivity index (χ1n) is 9.14. The second-order valence-electron chi connectivity index (χ2n) is 6.79. The summed E-state index contributed by atoms with van der Waals surface area (Å²) in [6.45, 7) is 3.93. The van der Waals surface area contributed by atoms with Crippen LogP contribution in [-0.2, 0) is 4.79 Å². The van der Waals surface area contributed by atoms with Crippen LogP contribution in [0.4, 0.5) is 0 Å². The van der Waals surface area contributed by atoms with Gasteiger partial charge in [0.25, 0.3) is 0 Å². The molecule has 0 bridgehead atoms. The lowest BCUT2D eigenvalue weighted by atomic mass is 9.95. The molecule has 1 heterocycles. The molecule has 26 heavy (non-hydrogen) atoms. The summed E-state index contributed by atoms with van der Waals surface area (Å²) in [5.41, 5.74) is 0.925. The smallest absolute Gasteiger partial charge is 0.230 e. The summed E-state index contributed by atoms with van der Waals surface area (Å²) < 4.78 is 2.22. The molecule has 5 nitrogen and oxygen atoms in total. The van der Waals surface area contributed by atoms with Gasteiger partial charge in [0.2, 0.25) is 5.91 Å². The van der Waals surface area contributed by atoms with Crippen LogP contribution in [0.2, 0.25) is 5.02 Å². The molecule has 1 aliphatic rings. The highest BCUT2D eigenvalue weighted by Gasteiger charge is 2.22. The number of hydrogen-bond donors (Lipinski definition) is 1. The van der Waals surface area contributed by atoms with Gasteiger partial charge in [0.15, 0.2) is 5.16 Å². The van der Waals surface area contributed by atoms with E-state index in [9.17, 15) is 4.79 Å². The summed E-state index contributed by atoms with van der Waals surface area (Å²) >= 11 is 7.66. The fourth-order valence-electron chi connectivity index (χ4n) is 3.53. The van der Waals surface area contributed by atoms with Gasteiger partial charge < -0.3 is 9.88 Å². The minimum Gasteiger partial charge on any atom is -0.349 e. The van der Waals surface area contributed by atoms with Gasteiger partial charge in [0.1, 0.15) is 5.82 Å². The van der Waals surface area contributed by atoms with Crippen LogP contribution >= 0.6 is 23.4 Å². The van der Waals surface area contributed by atoms with Crippen LogP contribution in [-0.4, -0.2) is 26.4 Å². The number of benzene rings is 1. The molecule has 1 fully saturated rings. The van der Waals surface area contributed by atoms with Gasteiger partial charge >= 0.3 is 0 Å². The minimum absolute atomic E-state index is 0.0294. The Morgan fingerprint density at radius 3 is 2.77 bits per heavy atom. The molecule has 1 amide bonds. The molecule has 140 valence electrons. The monoisotopic (exact) mass is 392 g/mol. The molecule has 7 heteroatoms. The van der Waals surface area contributed by atoms with E-state index in [1.165, 1.54) is 43.9 Å². The minimum atomic E-state index is -0.130. The van der Waals surface area contributed by atoms with Crippen molar-refractivity contribution >= 4 is 29.3 Å². The molecule has 1 saturated carbocycles. The van der Waals surface area contributed by atoms with Crippen LogP contribution in [0, 0.1) is 6.92 Å². The zero-order valence-corrected chi connectivity index (χ0v) is 16.8. The Morgan fingerprint density at radius 2 is 2.04 bits per heavy atom. The number of amides is 1. The van der Waals surface area contributed by atoms with E-state index in [2.05, 4.69) is 20.1 Å². The molecule has 0 spiro atoms. The molecule has 1 atom stereocenters. The van der Waals surface area contributed by atoms with Crippen molar-refractivity contribution in [2.24, 2.45) is 0 Å². The van der Waals surface area contributed by atoms with Crippen molar-refractivity contribution in [3.05, 3.63) is 40.7 Å². The number of rotatable bonds is 6. The topological polar surface area (TPSA) is 59.8 Å². The average Bonchev–Trinajstić information content (AvgIpc) is 3.01. The maximum Gasteiger partial charge on any atom is 0.230 e. The molecular formula is C19H25ClN4OS. The van der Waals surface area contributed by atoms with E-state index in [0.29, 0.717) is 16.8 Å². The number of aromatic nitrogens is 3. The fraction of sp³-hybridized carbons (Fsp3) is 0.526. The zero-order chi connectivity index (χ0) is 18.5. The zero-order valence-electron chi connectivity index (χ0n) is 15.2. The Morgan fingerprint density at radius 1 is 1.31 bits per heavy atom. The Bertz CT molecular complexity index is 758. The van der Waals surface area contributed by atoms with Crippen LogP contribution < -0.4 is 5.32 Å². The van der Waals surface area contributed by atoms with Crippen molar-refractivity contribution in [2.45, 2.75) is 63.2 Å². The number of hydrogen-bond acceptors (Lipinski definition) is 4. The number of aryl methyl sites for hydroxylation is 1. The van der Waals surface area contributed by atoms with E-state index < -0.39 is 0 Å². The molecule has 1 aliphatic carbocycles. The average molecular weight is 393 g/mol. The van der Waals surface area contributed by atoms with Crippen molar-refractivity contribution in [1.29, 1.82) is 0 Å². The van der Waals surface area contributed by atoms with Crippen LogP contribution in [0.3, 0.4) is 0 Å².